The standard InChI is InChI=1S/C20H19N3O5/c1-10-13(15(23(27)28)19-21-8-20(2,3)9-22(10)19)14-16(24)11-6-4-5-7-12(11)17(25)18(14)26/h4-7,21,24H,8-9H2,1-3H3. The molecule has 28 heavy (non-hydrogen) atoms. The molecule has 2 heterocycles. The van der Waals surface area contributed by atoms with Gasteiger partial charge in [0.25, 0.3) is 0 Å². The first-order valence-corrected chi connectivity index (χ1v) is 8.87. The summed E-state index contributed by atoms with van der Waals surface area (Å²) < 4.78 is 1.75. The third-order valence-corrected chi connectivity index (χ3v) is 5.35. The predicted molar refractivity (Wildman–Crippen MR) is 103 cm³/mol. The highest BCUT2D eigenvalue weighted by Crippen LogP contribution is 2.46. The van der Waals surface area contributed by atoms with Crippen molar-refractivity contribution < 1.29 is 19.6 Å². The minimum atomic E-state index is -0.940. The monoisotopic (exact) mass is 381 g/mol. The second-order valence-corrected chi connectivity index (χ2v) is 7.95. The van der Waals surface area contributed by atoms with Crippen molar-refractivity contribution in [3.63, 3.8) is 0 Å². The first kappa shape index (κ1) is 18.0. The first-order valence-electron chi connectivity index (χ1n) is 8.87. The van der Waals surface area contributed by atoms with Crippen molar-refractivity contribution in [2.45, 2.75) is 27.3 Å². The fourth-order valence-electron chi connectivity index (χ4n) is 3.98. The lowest BCUT2D eigenvalue weighted by Gasteiger charge is -2.32. The van der Waals surface area contributed by atoms with E-state index in [4.69, 9.17) is 0 Å². The number of fused-ring (bicyclic) bond motifs is 2. The van der Waals surface area contributed by atoms with Gasteiger partial charge in [0.1, 0.15) is 5.76 Å². The quantitative estimate of drug-likeness (QED) is 0.468. The number of Topliss-reactive ketones (excluding diaryl/α,β-unsaturated/α-hetero) is 2. The number of nitro groups is 1. The highest BCUT2D eigenvalue weighted by molar-refractivity contribution is 6.62. The molecule has 0 unspecified atom stereocenters. The SMILES string of the molecule is Cc1c(C2=C(O)c3ccccc3C(=O)C2=O)c([N+](=O)[O-])c2n1CC(C)(C)CN2. The fraction of sp³-hybridized carbons (Fsp3) is 0.300. The fourth-order valence-corrected chi connectivity index (χ4v) is 3.98. The van der Waals surface area contributed by atoms with E-state index in [1.54, 1.807) is 23.6 Å². The smallest absolute Gasteiger partial charge is 0.319 e. The van der Waals surface area contributed by atoms with Gasteiger partial charge in [0.05, 0.1) is 16.1 Å². The van der Waals surface area contributed by atoms with E-state index in [0.29, 0.717) is 18.8 Å². The van der Waals surface area contributed by atoms with Gasteiger partial charge in [0.2, 0.25) is 11.6 Å². The molecule has 1 aliphatic heterocycles. The molecule has 1 aliphatic carbocycles. The predicted octanol–water partition coefficient (Wildman–Crippen LogP) is 3.35. The lowest BCUT2D eigenvalue weighted by molar-refractivity contribution is -0.384. The molecule has 0 bridgehead atoms. The lowest BCUT2D eigenvalue weighted by atomic mass is 9.85. The molecular formula is C20H19N3O5. The summed E-state index contributed by atoms with van der Waals surface area (Å²) in [4.78, 5) is 36.8. The van der Waals surface area contributed by atoms with Crippen LogP contribution in [0.25, 0.3) is 11.3 Å². The van der Waals surface area contributed by atoms with Crippen LogP contribution in [0.4, 0.5) is 11.5 Å². The number of aliphatic hydroxyl groups excluding tert-OH is 1. The Balaban J connectivity index is 2.05. The number of nitrogens with zero attached hydrogens (tertiary/aromatic N) is 2. The van der Waals surface area contributed by atoms with Crippen LogP contribution in [0.2, 0.25) is 0 Å². The molecule has 0 amide bonds. The zero-order valence-corrected chi connectivity index (χ0v) is 15.7. The number of benzene rings is 1. The summed E-state index contributed by atoms with van der Waals surface area (Å²) in [6, 6.07) is 6.21. The molecule has 8 nitrogen and oxygen atoms in total. The van der Waals surface area contributed by atoms with E-state index in [0.717, 1.165) is 0 Å². The zero-order valence-electron chi connectivity index (χ0n) is 15.7. The molecule has 4 rings (SSSR count). The normalized spacial score (nSPS) is 17.8. The highest BCUT2D eigenvalue weighted by Gasteiger charge is 2.43. The van der Waals surface area contributed by atoms with Crippen molar-refractivity contribution >= 4 is 34.4 Å². The van der Waals surface area contributed by atoms with Gasteiger partial charge in [-0.15, -0.1) is 0 Å². The minimum absolute atomic E-state index is 0.00412. The van der Waals surface area contributed by atoms with E-state index in [2.05, 4.69) is 5.32 Å². The number of aromatic nitrogens is 1. The summed E-state index contributed by atoms with van der Waals surface area (Å²) in [6.45, 7) is 6.74. The maximum absolute atomic E-state index is 12.8. The molecule has 8 heteroatoms. The number of nitrogens with one attached hydrogen (secondary N) is 1. The molecule has 0 atom stereocenters. The molecule has 0 radical (unpaired) electrons. The van der Waals surface area contributed by atoms with E-state index in [1.807, 2.05) is 13.8 Å². The third-order valence-electron chi connectivity index (χ3n) is 5.35. The number of aliphatic hydroxyl groups is 1. The Morgan fingerprint density at radius 2 is 1.82 bits per heavy atom. The van der Waals surface area contributed by atoms with Crippen LogP contribution in [0.3, 0.4) is 0 Å². The van der Waals surface area contributed by atoms with Gasteiger partial charge in [0.15, 0.2) is 5.82 Å². The second-order valence-electron chi connectivity index (χ2n) is 7.95. The lowest BCUT2D eigenvalue weighted by Crippen LogP contribution is -2.34. The van der Waals surface area contributed by atoms with Crippen molar-refractivity contribution in [3.8, 4) is 0 Å². The van der Waals surface area contributed by atoms with E-state index >= 15 is 0 Å². The summed E-state index contributed by atoms with van der Waals surface area (Å²) >= 11 is 0. The minimum Gasteiger partial charge on any atom is -0.506 e. The number of anilines is 1. The van der Waals surface area contributed by atoms with Gasteiger partial charge in [-0.1, -0.05) is 38.1 Å². The van der Waals surface area contributed by atoms with E-state index < -0.39 is 22.2 Å². The van der Waals surface area contributed by atoms with Gasteiger partial charge in [-0.05, 0) is 6.92 Å². The summed E-state index contributed by atoms with van der Waals surface area (Å²) in [5.41, 5.74) is -0.00760. The molecule has 2 aromatic rings. The third kappa shape index (κ3) is 2.37. The molecule has 2 aliphatic rings. The van der Waals surface area contributed by atoms with Crippen LogP contribution in [0, 0.1) is 22.5 Å². The van der Waals surface area contributed by atoms with Crippen LogP contribution in [0.1, 0.15) is 41.0 Å². The summed E-state index contributed by atoms with van der Waals surface area (Å²) in [5, 5.41) is 25.8. The average Bonchev–Trinajstić information content (AvgIpc) is 2.91. The van der Waals surface area contributed by atoms with Gasteiger partial charge >= 0.3 is 5.69 Å². The van der Waals surface area contributed by atoms with Crippen LogP contribution in [0.15, 0.2) is 24.3 Å². The van der Waals surface area contributed by atoms with Crippen molar-refractivity contribution in [1.82, 2.24) is 4.57 Å². The van der Waals surface area contributed by atoms with Crippen molar-refractivity contribution in [1.29, 1.82) is 0 Å². The Morgan fingerprint density at radius 3 is 2.46 bits per heavy atom. The van der Waals surface area contributed by atoms with Crippen LogP contribution in [0.5, 0.6) is 0 Å². The molecule has 1 aromatic carbocycles. The van der Waals surface area contributed by atoms with Crippen LogP contribution in [-0.2, 0) is 11.3 Å². The van der Waals surface area contributed by atoms with E-state index in [9.17, 15) is 24.8 Å². The molecule has 1 aromatic heterocycles. The number of allylic oxidation sites excluding steroid dienone is 1. The second kappa shape index (κ2) is 5.79. The molecule has 0 spiro atoms. The first-order chi connectivity index (χ1) is 13.1. The maximum Gasteiger partial charge on any atom is 0.319 e. The van der Waals surface area contributed by atoms with Gasteiger partial charge < -0.3 is 15.0 Å². The molecule has 144 valence electrons. The van der Waals surface area contributed by atoms with Crippen molar-refractivity contribution in [2.24, 2.45) is 5.41 Å². The molecule has 0 fully saturated rings. The summed E-state index contributed by atoms with van der Waals surface area (Å²) in [5.74, 6) is -1.84. The van der Waals surface area contributed by atoms with Gasteiger partial charge in [-0.25, -0.2) is 0 Å². The number of carbonyl (C=O) groups is 2. The van der Waals surface area contributed by atoms with Gasteiger partial charge in [-0.3, -0.25) is 19.7 Å². The average molecular weight is 381 g/mol. The zero-order chi connectivity index (χ0) is 20.4. The Bertz CT molecular complexity index is 1110. The van der Waals surface area contributed by atoms with Crippen molar-refractivity contribution in [3.05, 3.63) is 56.8 Å². The highest BCUT2D eigenvalue weighted by atomic mass is 16.6. The molecule has 0 saturated carbocycles. The molecule has 2 N–H and O–H groups in total. The number of rotatable bonds is 2. The topological polar surface area (TPSA) is 114 Å². The summed E-state index contributed by atoms with van der Waals surface area (Å²) in [7, 11) is 0. The number of hydrogen-bond donors (Lipinski definition) is 2. The Hall–Kier alpha value is -3.42. The maximum atomic E-state index is 12.8. The van der Waals surface area contributed by atoms with Crippen LogP contribution in [-0.4, -0.2) is 32.7 Å². The molecular weight excluding hydrogens is 362 g/mol. The number of ketones is 2. The number of carbonyl (C=O) groups excluding carboxylic acids is 2. The molecule has 0 saturated heterocycles. The van der Waals surface area contributed by atoms with E-state index in [-0.39, 0.29) is 39.2 Å². The Morgan fingerprint density at radius 1 is 1.18 bits per heavy atom. The Labute approximate surface area is 160 Å². The van der Waals surface area contributed by atoms with E-state index in [1.165, 1.54) is 12.1 Å². The van der Waals surface area contributed by atoms with Gasteiger partial charge in [0, 0.05) is 35.3 Å². The largest absolute Gasteiger partial charge is 0.506 e. The van der Waals surface area contributed by atoms with Crippen molar-refractivity contribution in [2.75, 3.05) is 11.9 Å². The van der Waals surface area contributed by atoms with Gasteiger partial charge in [-0.2, -0.15) is 0 Å². The summed E-state index contributed by atoms with van der Waals surface area (Å²) in [6.07, 6.45) is 0. The van der Waals surface area contributed by atoms with Crippen LogP contribution < -0.4 is 5.32 Å². The Kier molecular flexibility index (Phi) is 3.71. The van der Waals surface area contributed by atoms with Crippen LogP contribution >= 0.6 is 0 Å². The number of hydrogen-bond acceptors (Lipinski definition) is 6.